The molecule has 2 aromatic heterocycles. The summed E-state index contributed by atoms with van der Waals surface area (Å²) in [5.41, 5.74) is 6.96. The van der Waals surface area contributed by atoms with E-state index in [9.17, 15) is 4.79 Å². The molecule has 0 bridgehead atoms. The Bertz CT molecular complexity index is 818. The van der Waals surface area contributed by atoms with E-state index in [-0.39, 0.29) is 11.4 Å². The number of nitrogen functional groups attached to an aromatic ring is 1. The van der Waals surface area contributed by atoms with Gasteiger partial charge >= 0.3 is 0 Å². The Morgan fingerprint density at radius 3 is 2.67 bits per heavy atom. The minimum absolute atomic E-state index is 0.200. The van der Waals surface area contributed by atoms with Crippen molar-refractivity contribution in [2.75, 3.05) is 5.73 Å². The van der Waals surface area contributed by atoms with Gasteiger partial charge in [-0.15, -0.1) is 5.10 Å². The number of hydrogen-bond donors (Lipinski definition) is 1. The van der Waals surface area contributed by atoms with Gasteiger partial charge < -0.3 is 10.3 Å². The summed E-state index contributed by atoms with van der Waals surface area (Å²) >= 11 is 0. The first-order valence-corrected chi connectivity index (χ1v) is 6.52. The summed E-state index contributed by atoms with van der Waals surface area (Å²) in [5.74, 6) is 0.747. The van der Waals surface area contributed by atoms with Gasteiger partial charge in [0, 0.05) is 30.2 Å². The van der Waals surface area contributed by atoms with Gasteiger partial charge in [0.2, 0.25) is 5.82 Å². The highest BCUT2D eigenvalue weighted by atomic mass is 16.1. The van der Waals surface area contributed by atoms with Crippen LogP contribution in [0.5, 0.6) is 0 Å². The van der Waals surface area contributed by atoms with Crippen LogP contribution >= 0.6 is 0 Å². The van der Waals surface area contributed by atoms with Crippen molar-refractivity contribution in [1.82, 2.24) is 24.3 Å². The molecule has 3 aromatic rings. The van der Waals surface area contributed by atoms with Crippen LogP contribution in [0.2, 0.25) is 0 Å². The molecule has 0 spiro atoms. The van der Waals surface area contributed by atoms with Crippen molar-refractivity contribution in [2.45, 2.75) is 13.5 Å². The highest BCUT2D eigenvalue weighted by Gasteiger charge is 2.10. The zero-order valence-corrected chi connectivity index (χ0v) is 11.5. The largest absolute Gasteiger partial charge is 0.399 e. The summed E-state index contributed by atoms with van der Waals surface area (Å²) in [4.78, 5) is 20.5. The van der Waals surface area contributed by atoms with Crippen molar-refractivity contribution in [3.8, 4) is 17.2 Å². The predicted molar refractivity (Wildman–Crippen MR) is 78.9 cm³/mol. The predicted octanol–water partition coefficient (Wildman–Crippen LogP) is 1.09. The van der Waals surface area contributed by atoms with Crippen LogP contribution in [-0.4, -0.2) is 24.3 Å². The van der Waals surface area contributed by atoms with Gasteiger partial charge in [0.1, 0.15) is 6.33 Å². The van der Waals surface area contributed by atoms with Crippen molar-refractivity contribution < 1.29 is 0 Å². The van der Waals surface area contributed by atoms with Gasteiger partial charge in [0.15, 0.2) is 5.82 Å². The number of nitrogens with zero attached hydrogens (tertiary/aromatic N) is 5. The number of aromatic nitrogens is 5. The Balaban J connectivity index is 2.03. The van der Waals surface area contributed by atoms with E-state index in [1.807, 2.05) is 19.1 Å². The first kappa shape index (κ1) is 13.0. The van der Waals surface area contributed by atoms with Crippen molar-refractivity contribution in [1.29, 1.82) is 0 Å². The fourth-order valence-corrected chi connectivity index (χ4v) is 1.97. The van der Waals surface area contributed by atoms with Crippen LogP contribution in [0.3, 0.4) is 0 Å². The van der Waals surface area contributed by atoms with Gasteiger partial charge in [0.25, 0.3) is 5.56 Å². The van der Waals surface area contributed by atoms with E-state index in [2.05, 4.69) is 15.1 Å². The topological polar surface area (TPSA) is 91.6 Å². The molecule has 1 aromatic carbocycles. The standard InChI is InChI=1S/C14H14N6O/c1-2-19-8-7-16-13(14(19)21)20-9-17-12(18-20)10-3-5-11(15)6-4-10/h3-9H,2,15H2,1H3. The second-order valence-corrected chi connectivity index (χ2v) is 4.48. The Hall–Kier alpha value is -2.96. The summed E-state index contributed by atoms with van der Waals surface area (Å²) < 4.78 is 2.95. The number of aryl methyl sites for hydroxylation is 1. The highest BCUT2D eigenvalue weighted by Crippen LogP contribution is 2.16. The van der Waals surface area contributed by atoms with Gasteiger partial charge in [-0.05, 0) is 31.2 Å². The van der Waals surface area contributed by atoms with Crippen LogP contribution < -0.4 is 11.3 Å². The Morgan fingerprint density at radius 1 is 1.19 bits per heavy atom. The molecular weight excluding hydrogens is 268 g/mol. The fraction of sp³-hybridized carbons (Fsp3) is 0.143. The lowest BCUT2D eigenvalue weighted by molar-refractivity contribution is 0.693. The summed E-state index contributed by atoms with van der Waals surface area (Å²) in [6, 6.07) is 7.22. The minimum Gasteiger partial charge on any atom is -0.399 e. The monoisotopic (exact) mass is 282 g/mol. The Morgan fingerprint density at radius 2 is 1.95 bits per heavy atom. The van der Waals surface area contributed by atoms with E-state index in [1.54, 1.807) is 29.1 Å². The molecule has 0 amide bonds. The van der Waals surface area contributed by atoms with E-state index < -0.39 is 0 Å². The van der Waals surface area contributed by atoms with E-state index >= 15 is 0 Å². The second-order valence-electron chi connectivity index (χ2n) is 4.48. The normalized spacial score (nSPS) is 10.7. The molecule has 0 unspecified atom stereocenters. The van der Waals surface area contributed by atoms with Gasteiger partial charge in [-0.25, -0.2) is 9.97 Å². The number of hydrogen-bond acceptors (Lipinski definition) is 5. The van der Waals surface area contributed by atoms with E-state index in [4.69, 9.17) is 5.73 Å². The zero-order chi connectivity index (χ0) is 14.8. The molecule has 0 atom stereocenters. The van der Waals surface area contributed by atoms with Gasteiger partial charge in [0.05, 0.1) is 0 Å². The third-order valence-electron chi connectivity index (χ3n) is 3.11. The van der Waals surface area contributed by atoms with Crippen LogP contribution in [0.1, 0.15) is 6.92 Å². The molecule has 0 aliphatic rings. The lowest BCUT2D eigenvalue weighted by Crippen LogP contribution is -2.24. The maximum Gasteiger partial charge on any atom is 0.295 e. The average Bonchev–Trinajstić information content (AvgIpc) is 2.98. The molecule has 0 aliphatic carbocycles. The molecule has 2 N–H and O–H groups in total. The molecule has 7 nitrogen and oxygen atoms in total. The SMILES string of the molecule is CCn1ccnc(-n2cnc(-c3ccc(N)cc3)n2)c1=O. The third kappa shape index (κ3) is 2.40. The van der Waals surface area contributed by atoms with E-state index in [1.165, 1.54) is 11.0 Å². The smallest absolute Gasteiger partial charge is 0.295 e. The first-order valence-electron chi connectivity index (χ1n) is 6.52. The molecule has 7 heteroatoms. The summed E-state index contributed by atoms with van der Waals surface area (Å²) in [6.45, 7) is 2.47. The molecule has 0 aliphatic heterocycles. The molecule has 0 radical (unpaired) electrons. The Labute approximate surface area is 120 Å². The molecule has 21 heavy (non-hydrogen) atoms. The third-order valence-corrected chi connectivity index (χ3v) is 3.11. The molecule has 0 saturated carbocycles. The van der Waals surface area contributed by atoms with Gasteiger partial charge in [-0.1, -0.05) is 0 Å². The molecule has 2 heterocycles. The quantitative estimate of drug-likeness (QED) is 0.726. The van der Waals surface area contributed by atoms with Crippen molar-refractivity contribution in [3.63, 3.8) is 0 Å². The summed E-state index contributed by atoms with van der Waals surface area (Å²) in [5, 5.41) is 4.31. The van der Waals surface area contributed by atoms with Gasteiger partial charge in [-0.2, -0.15) is 4.68 Å². The van der Waals surface area contributed by atoms with Crippen molar-refractivity contribution >= 4 is 5.69 Å². The second kappa shape index (κ2) is 5.20. The minimum atomic E-state index is -0.200. The number of rotatable bonds is 3. The van der Waals surface area contributed by atoms with E-state index in [0.29, 0.717) is 18.1 Å². The number of anilines is 1. The summed E-state index contributed by atoms with van der Waals surface area (Å²) in [6.07, 6.45) is 4.70. The lowest BCUT2D eigenvalue weighted by Gasteiger charge is -2.03. The molecule has 106 valence electrons. The molecule has 3 rings (SSSR count). The fourth-order valence-electron chi connectivity index (χ4n) is 1.97. The van der Waals surface area contributed by atoms with Gasteiger partial charge in [-0.3, -0.25) is 4.79 Å². The lowest BCUT2D eigenvalue weighted by atomic mass is 10.2. The number of benzene rings is 1. The van der Waals surface area contributed by atoms with Crippen LogP contribution in [0.15, 0.2) is 47.8 Å². The number of nitrogens with two attached hydrogens (primary N) is 1. The van der Waals surface area contributed by atoms with Crippen LogP contribution in [0.4, 0.5) is 5.69 Å². The maximum atomic E-state index is 12.2. The van der Waals surface area contributed by atoms with Crippen LogP contribution in [0, 0.1) is 0 Å². The maximum absolute atomic E-state index is 12.2. The first-order chi connectivity index (χ1) is 10.2. The van der Waals surface area contributed by atoms with Crippen LogP contribution in [0.25, 0.3) is 17.2 Å². The average molecular weight is 282 g/mol. The van der Waals surface area contributed by atoms with Crippen molar-refractivity contribution in [2.24, 2.45) is 0 Å². The molecule has 0 fully saturated rings. The molecule has 0 saturated heterocycles. The van der Waals surface area contributed by atoms with E-state index in [0.717, 1.165) is 5.56 Å². The van der Waals surface area contributed by atoms with Crippen LogP contribution in [-0.2, 0) is 6.54 Å². The van der Waals surface area contributed by atoms with Crippen molar-refractivity contribution in [3.05, 3.63) is 53.3 Å². The summed E-state index contributed by atoms with van der Waals surface area (Å²) in [7, 11) is 0. The molecular formula is C14H14N6O. The zero-order valence-electron chi connectivity index (χ0n) is 11.5. The highest BCUT2D eigenvalue weighted by molar-refractivity contribution is 5.58. The Kier molecular flexibility index (Phi) is 3.23.